The predicted molar refractivity (Wildman–Crippen MR) is 84.4 cm³/mol. The van der Waals surface area contributed by atoms with E-state index in [9.17, 15) is 4.79 Å². The molecule has 5 heteroatoms. The van der Waals surface area contributed by atoms with Crippen LogP contribution in [-0.4, -0.2) is 34.1 Å². The van der Waals surface area contributed by atoms with E-state index in [0.717, 1.165) is 36.9 Å². The molecule has 0 spiro atoms. The number of amides is 1. The number of thioether (sulfide) groups is 1. The van der Waals surface area contributed by atoms with E-state index in [1.807, 2.05) is 29.2 Å². The molecule has 0 radical (unpaired) electrons. The minimum absolute atomic E-state index is 0.203. The quantitative estimate of drug-likeness (QED) is 0.808. The van der Waals surface area contributed by atoms with Crippen LogP contribution in [0, 0.1) is 0 Å². The third-order valence-corrected chi connectivity index (χ3v) is 4.82. The summed E-state index contributed by atoms with van der Waals surface area (Å²) in [5, 5.41) is 0.578. The highest BCUT2D eigenvalue weighted by molar-refractivity contribution is 7.99. The zero-order valence-electron chi connectivity index (χ0n) is 12.2. The molecule has 21 heavy (non-hydrogen) atoms. The van der Waals surface area contributed by atoms with Crippen molar-refractivity contribution in [1.29, 1.82) is 0 Å². The predicted octanol–water partition coefficient (Wildman–Crippen LogP) is 3.71. The molecule has 1 aromatic heterocycles. The standard InChI is InChI=1S/C16H20N2O2S/c1-2-12-7-5-6-10-18(12)15(19)11-21-16-17-13-8-3-4-9-14(13)20-16/h3-4,8-9,12H,2,5-7,10-11H2,1H3. The van der Waals surface area contributed by atoms with Crippen molar-refractivity contribution in [2.24, 2.45) is 0 Å². The normalized spacial score (nSPS) is 19.1. The second-order valence-electron chi connectivity index (χ2n) is 5.38. The summed E-state index contributed by atoms with van der Waals surface area (Å²) in [6, 6.07) is 8.08. The topological polar surface area (TPSA) is 46.3 Å². The Hall–Kier alpha value is -1.49. The number of rotatable bonds is 4. The first-order valence-corrected chi connectivity index (χ1v) is 8.54. The van der Waals surface area contributed by atoms with Crippen LogP contribution in [0.4, 0.5) is 0 Å². The first-order chi connectivity index (χ1) is 10.3. The van der Waals surface area contributed by atoms with Crippen LogP contribution in [-0.2, 0) is 4.79 Å². The summed E-state index contributed by atoms with van der Waals surface area (Å²) in [4.78, 5) is 18.8. The van der Waals surface area contributed by atoms with E-state index in [1.54, 1.807) is 0 Å². The number of oxazole rings is 1. The van der Waals surface area contributed by atoms with Crippen LogP contribution in [0.3, 0.4) is 0 Å². The van der Waals surface area contributed by atoms with E-state index in [-0.39, 0.29) is 5.91 Å². The van der Waals surface area contributed by atoms with Gasteiger partial charge in [-0.1, -0.05) is 30.8 Å². The number of hydrogen-bond donors (Lipinski definition) is 0. The Morgan fingerprint density at radius 2 is 2.29 bits per heavy atom. The second kappa shape index (κ2) is 6.52. The minimum Gasteiger partial charge on any atom is -0.431 e. The zero-order valence-corrected chi connectivity index (χ0v) is 13.1. The molecule has 0 N–H and O–H groups in total. The molecule has 2 aromatic rings. The summed E-state index contributed by atoms with van der Waals surface area (Å²) >= 11 is 1.39. The Bertz CT molecular complexity index is 593. The number of aromatic nitrogens is 1. The van der Waals surface area contributed by atoms with Crippen molar-refractivity contribution in [2.45, 2.75) is 43.9 Å². The summed E-state index contributed by atoms with van der Waals surface area (Å²) in [5.41, 5.74) is 1.62. The van der Waals surface area contributed by atoms with Crippen molar-refractivity contribution in [3.8, 4) is 0 Å². The molecule has 4 nitrogen and oxygen atoms in total. The Labute approximate surface area is 128 Å². The Morgan fingerprint density at radius 1 is 1.43 bits per heavy atom. The van der Waals surface area contributed by atoms with Crippen LogP contribution in [0.25, 0.3) is 11.1 Å². The van der Waals surface area contributed by atoms with Crippen LogP contribution >= 0.6 is 11.8 Å². The first kappa shape index (κ1) is 14.4. The molecule has 0 aliphatic carbocycles. The van der Waals surface area contributed by atoms with Gasteiger partial charge < -0.3 is 9.32 Å². The summed E-state index contributed by atoms with van der Waals surface area (Å²) < 4.78 is 5.64. The van der Waals surface area contributed by atoms with Gasteiger partial charge in [-0.15, -0.1) is 0 Å². The van der Waals surface area contributed by atoms with Gasteiger partial charge in [0.15, 0.2) is 5.58 Å². The van der Waals surface area contributed by atoms with Gasteiger partial charge in [0.2, 0.25) is 5.91 Å². The molecule has 1 aliphatic heterocycles. The van der Waals surface area contributed by atoms with Crippen LogP contribution in [0.5, 0.6) is 0 Å². The number of carbonyl (C=O) groups is 1. The molecule has 1 saturated heterocycles. The average molecular weight is 304 g/mol. The molecular formula is C16H20N2O2S. The fourth-order valence-corrected chi connectivity index (χ4v) is 3.60. The summed E-state index contributed by atoms with van der Waals surface area (Å²) in [6.45, 7) is 3.05. The Kier molecular flexibility index (Phi) is 4.48. The molecule has 0 saturated carbocycles. The lowest BCUT2D eigenvalue weighted by Gasteiger charge is -2.35. The highest BCUT2D eigenvalue weighted by Crippen LogP contribution is 2.25. The molecule has 1 unspecified atom stereocenters. The molecule has 2 heterocycles. The van der Waals surface area contributed by atoms with Gasteiger partial charge >= 0.3 is 0 Å². The monoisotopic (exact) mass is 304 g/mol. The van der Waals surface area contributed by atoms with Gasteiger partial charge in [0.25, 0.3) is 5.22 Å². The molecule has 1 atom stereocenters. The van der Waals surface area contributed by atoms with E-state index in [2.05, 4.69) is 11.9 Å². The van der Waals surface area contributed by atoms with E-state index in [1.165, 1.54) is 18.2 Å². The molecule has 1 aromatic carbocycles. The van der Waals surface area contributed by atoms with Gasteiger partial charge in [0.1, 0.15) is 5.52 Å². The highest BCUT2D eigenvalue weighted by Gasteiger charge is 2.25. The van der Waals surface area contributed by atoms with Crippen molar-refractivity contribution in [3.63, 3.8) is 0 Å². The zero-order chi connectivity index (χ0) is 14.7. The van der Waals surface area contributed by atoms with E-state index < -0.39 is 0 Å². The van der Waals surface area contributed by atoms with Crippen molar-refractivity contribution in [1.82, 2.24) is 9.88 Å². The van der Waals surface area contributed by atoms with Gasteiger partial charge in [-0.3, -0.25) is 4.79 Å². The van der Waals surface area contributed by atoms with E-state index in [0.29, 0.717) is 17.0 Å². The molecule has 3 rings (SSSR count). The molecule has 1 aliphatic rings. The average Bonchev–Trinajstić information content (AvgIpc) is 2.95. The number of piperidine rings is 1. The number of carbonyl (C=O) groups excluding carboxylic acids is 1. The third-order valence-electron chi connectivity index (χ3n) is 4.01. The number of benzene rings is 1. The molecule has 1 amide bonds. The van der Waals surface area contributed by atoms with E-state index >= 15 is 0 Å². The first-order valence-electron chi connectivity index (χ1n) is 7.55. The van der Waals surface area contributed by atoms with Crippen LogP contribution in [0.15, 0.2) is 33.9 Å². The number of fused-ring (bicyclic) bond motifs is 1. The maximum Gasteiger partial charge on any atom is 0.257 e. The molecular weight excluding hydrogens is 284 g/mol. The summed E-state index contributed by atoms with van der Waals surface area (Å²) in [5.74, 6) is 0.609. The molecule has 112 valence electrons. The highest BCUT2D eigenvalue weighted by atomic mass is 32.2. The van der Waals surface area contributed by atoms with Crippen LogP contribution in [0.1, 0.15) is 32.6 Å². The van der Waals surface area contributed by atoms with Crippen molar-refractivity contribution >= 4 is 28.8 Å². The van der Waals surface area contributed by atoms with Crippen LogP contribution in [0.2, 0.25) is 0 Å². The van der Waals surface area contributed by atoms with Gasteiger partial charge in [-0.05, 0) is 37.8 Å². The SMILES string of the molecule is CCC1CCCCN1C(=O)CSc1nc2ccccc2o1. The van der Waals surface area contributed by atoms with Gasteiger partial charge in [-0.2, -0.15) is 0 Å². The largest absolute Gasteiger partial charge is 0.431 e. The lowest BCUT2D eigenvalue weighted by Crippen LogP contribution is -2.44. The number of para-hydroxylation sites is 2. The van der Waals surface area contributed by atoms with Crippen LogP contribution < -0.4 is 0 Å². The van der Waals surface area contributed by atoms with Crippen molar-refractivity contribution in [2.75, 3.05) is 12.3 Å². The number of hydrogen-bond acceptors (Lipinski definition) is 4. The third kappa shape index (κ3) is 3.23. The lowest BCUT2D eigenvalue weighted by molar-refractivity contribution is -0.132. The van der Waals surface area contributed by atoms with Gasteiger partial charge in [-0.25, -0.2) is 4.98 Å². The smallest absolute Gasteiger partial charge is 0.257 e. The fraction of sp³-hybridized carbons (Fsp3) is 0.500. The number of likely N-dealkylation sites (tertiary alicyclic amines) is 1. The van der Waals surface area contributed by atoms with Crippen molar-refractivity contribution < 1.29 is 9.21 Å². The van der Waals surface area contributed by atoms with Gasteiger partial charge in [0, 0.05) is 12.6 Å². The fourth-order valence-electron chi connectivity index (χ4n) is 2.87. The maximum absolute atomic E-state index is 12.4. The molecule has 1 fully saturated rings. The summed E-state index contributed by atoms with van der Waals surface area (Å²) in [6.07, 6.45) is 4.53. The maximum atomic E-state index is 12.4. The Balaban J connectivity index is 1.62. The van der Waals surface area contributed by atoms with E-state index in [4.69, 9.17) is 4.42 Å². The minimum atomic E-state index is 0.203. The lowest BCUT2D eigenvalue weighted by atomic mass is 10.0. The van der Waals surface area contributed by atoms with Crippen molar-refractivity contribution in [3.05, 3.63) is 24.3 Å². The Morgan fingerprint density at radius 3 is 3.10 bits per heavy atom. The second-order valence-corrected chi connectivity index (χ2v) is 6.31. The summed E-state index contributed by atoms with van der Waals surface area (Å²) in [7, 11) is 0. The van der Waals surface area contributed by atoms with Gasteiger partial charge in [0.05, 0.1) is 5.75 Å². The molecule has 0 bridgehead atoms. The number of nitrogens with zero attached hydrogens (tertiary/aromatic N) is 2.